The average Bonchev–Trinajstić information content (AvgIpc) is 2.54. The summed E-state index contributed by atoms with van der Waals surface area (Å²) in [5.74, 6) is 0.571. The van der Waals surface area contributed by atoms with Crippen molar-refractivity contribution in [2.75, 3.05) is 13.2 Å². The Morgan fingerprint density at radius 1 is 1.25 bits per heavy atom. The van der Waals surface area contributed by atoms with Gasteiger partial charge in [-0.05, 0) is 19.4 Å². The third-order valence-corrected chi connectivity index (χ3v) is 3.32. The van der Waals surface area contributed by atoms with Crippen LogP contribution in [0.1, 0.15) is 45.1 Å². The van der Waals surface area contributed by atoms with E-state index >= 15 is 0 Å². The number of benzene rings is 1. The number of rotatable bonds is 11. The first-order valence-electron chi connectivity index (χ1n) is 8.31. The van der Waals surface area contributed by atoms with Crippen molar-refractivity contribution >= 4 is 5.96 Å². The van der Waals surface area contributed by atoms with Crippen LogP contribution in [0.3, 0.4) is 0 Å². The van der Waals surface area contributed by atoms with Gasteiger partial charge in [0, 0.05) is 12.1 Å². The van der Waals surface area contributed by atoms with Crippen LogP contribution >= 0.6 is 0 Å². The van der Waals surface area contributed by atoms with Crippen LogP contribution in [0.4, 0.5) is 8.78 Å². The highest BCUT2D eigenvalue weighted by molar-refractivity contribution is 5.77. The van der Waals surface area contributed by atoms with Gasteiger partial charge >= 0.3 is 6.61 Å². The van der Waals surface area contributed by atoms with Crippen molar-refractivity contribution < 1.29 is 18.3 Å². The topological polar surface area (TPSA) is 68.9 Å². The Bertz CT molecular complexity index is 511. The van der Waals surface area contributed by atoms with Crippen LogP contribution in [0.2, 0.25) is 0 Å². The standard InChI is InChI=1S/C17H27F2N3O2/c1-3-5-6-7-11-21-17(20)22-12-13-9-8-10-14(23-4-2)15(13)24-16(18)19/h8-10,16H,3-7,11-12H2,1-2H3,(H3,20,21,22). The number of ether oxygens (including phenoxy) is 2. The van der Waals surface area contributed by atoms with E-state index in [0.29, 0.717) is 12.2 Å². The highest BCUT2D eigenvalue weighted by Gasteiger charge is 2.15. The number of nitrogens with zero attached hydrogens (tertiary/aromatic N) is 1. The largest absolute Gasteiger partial charge is 0.490 e. The van der Waals surface area contributed by atoms with Gasteiger partial charge in [0.25, 0.3) is 0 Å². The van der Waals surface area contributed by atoms with Gasteiger partial charge in [0.2, 0.25) is 0 Å². The zero-order chi connectivity index (χ0) is 17.8. The number of unbranched alkanes of at least 4 members (excludes halogenated alkanes) is 3. The summed E-state index contributed by atoms with van der Waals surface area (Å²) in [6.07, 6.45) is 4.52. The van der Waals surface area contributed by atoms with Crippen LogP contribution in [0, 0.1) is 0 Å². The summed E-state index contributed by atoms with van der Waals surface area (Å²) in [6.45, 7) is 2.23. The Morgan fingerprint density at radius 2 is 2.04 bits per heavy atom. The number of nitrogens with two attached hydrogens (primary N) is 1. The molecule has 0 aromatic heterocycles. The minimum absolute atomic E-state index is 0.00819. The van der Waals surface area contributed by atoms with Crippen LogP contribution in [-0.4, -0.2) is 25.7 Å². The number of guanidine groups is 1. The first kappa shape index (κ1) is 20.0. The van der Waals surface area contributed by atoms with Crippen molar-refractivity contribution in [3.63, 3.8) is 0 Å². The van der Waals surface area contributed by atoms with Gasteiger partial charge < -0.3 is 20.5 Å². The smallest absolute Gasteiger partial charge is 0.387 e. The number of halogens is 2. The molecular weight excluding hydrogens is 316 g/mol. The van der Waals surface area contributed by atoms with Crippen LogP contribution in [0.5, 0.6) is 11.5 Å². The van der Waals surface area contributed by atoms with E-state index < -0.39 is 6.61 Å². The molecule has 0 aliphatic carbocycles. The van der Waals surface area contributed by atoms with Crippen molar-refractivity contribution in [2.45, 2.75) is 52.7 Å². The maximum atomic E-state index is 12.6. The molecule has 0 atom stereocenters. The van der Waals surface area contributed by atoms with Crippen LogP contribution < -0.4 is 20.5 Å². The summed E-state index contributed by atoms with van der Waals surface area (Å²) in [7, 11) is 0. The molecule has 3 N–H and O–H groups in total. The number of nitrogens with one attached hydrogen (secondary N) is 1. The third-order valence-electron chi connectivity index (χ3n) is 3.32. The van der Waals surface area contributed by atoms with Crippen molar-refractivity contribution in [1.29, 1.82) is 0 Å². The highest BCUT2D eigenvalue weighted by atomic mass is 19.3. The lowest BCUT2D eigenvalue weighted by Crippen LogP contribution is -2.32. The fourth-order valence-electron chi connectivity index (χ4n) is 2.17. The van der Waals surface area contributed by atoms with E-state index in [9.17, 15) is 8.78 Å². The van der Waals surface area contributed by atoms with Crippen LogP contribution in [0.25, 0.3) is 0 Å². The molecule has 0 unspecified atom stereocenters. The Hall–Kier alpha value is -2.05. The third kappa shape index (κ3) is 7.48. The van der Waals surface area contributed by atoms with Gasteiger partial charge in [-0.25, -0.2) is 4.99 Å². The number of hydrogen-bond acceptors (Lipinski definition) is 3. The summed E-state index contributed by atoms with van der Waals surface area (Å²) < 4.78 is 35.2. The first-order valence-corrected chi connectivity index (χ1v) is 8.31. The fourth-order valence-corrected chi connectivity index (χ4v) is 2.17. The summed E-state index contributed by atoms with van der Waals surface area (Å²) in [6, 6.07) is 4.96. The van der Waals surface area contributed by atoms with Gasteiger partial charge in [-0.15, -0.1) is 0 Å². The summed E-state index contributed by atoms with van der Waals surface area (Å²) >= 11 is 0. The van der Waals surface area contributed by atoms with Crippen molar-refractivity contribution in [2.24, 2.45) is 10.7 Å². The molecular formula is C17H27F2N3O2. The molecule has 7 heteroatoms. The molecule has 0 saturated heterocycles. The summed E-state index contributed by atoms with van der Waals surface area (Å²) in [5.41, 5.74) is 6.30. The molecule has 0 aliphatic heterocycles. The molecule has 1 rings (SSSR count). The molecule has 0 amide bonds. The molecule has 136 valence electrons. The number of hydrogen-bond donors (Lipinski definition) is 2. The van der Waals surface area contributed by atoms with Crippen molar-refractivity contribution in [1.82, 2.24) is 5.32 Å². The second kappa shape index (κ2) is 11.5. The van der Waals surface area contributed by atoms with Gasteiger partial charge in [-0.1, -0.05) is 38.3 Å². The monoisotopic (exact) mass is 343 g/mol. The first-order chi connectivity index (χ1) is 11.6. The van der Waals surface area contributed by atoms with E-state index in [-0.39, 0.29) is 24.0 Å². The number of para-hydroxylation sites is 1. The maximum Gasteiger partial charge on any atom is 0.387 e. The second-order valence-electron chi connectivity index (χ2n) is 5.24. The van der Waals surface area contributed by atoms with E-state index in [4.69, 9.17) is 10.5 Å². The van der Waals surface area contributed by atoms with Gasteiger partial charge in [0.1, 0.15) is 0 Å². The van der Waals surface area contributed by atoms with Crippen molar-refractivity contribution in [3.05, 3.63) is 23.8 Å². The average molecular weight is 343 g/mol. The Balaban J connectivity index is 2.68. The summed E-state index contributed by atoms with van der Waals surface area (Å²) in [5, 5.41) is 3.02. The van der Waals surface area contributed by atoms with Crippen LogP contribution in [-0.2, 0) is 6.54 Å². The molecule has 0 bridgehead atoms. The van der Waals surface area contributed by atoms with E-state index in [1.54, 1.807) is 25.1 Å². The van der Waals surface area contributed by atoms with Gasteiger partial charge in [-0.2, -0.15) is 8.78 Å². The summed E-state index contributed by atoms with van der Waals surface area (Å²) in [4.78, 5) is 4.18. The second-order valence-corrected chi connectivity index (χ2v) is 5.24. The van der Waals surface area contributed by atoms with E-state index in [2.05, 4.69) is 22.0 Å². The Labute approximate surface area is 142 Å². The molecule has 0 spiro atoms. The predicted octanol–water partition coefficient (Wildman–Crippen LogP) is 3.67. The van der Waals surface area contributed by atoms with Crippen LogP contribution in [0.15, 0.2) is 23.2 Å². The molecule has 5 nitrogen and oxygen atoms in total. The van der Waals surface area contributed by atoms with E-state index in [1.165, 1.54) is 12.8 Å². The minimum Gasteiger partial charge on any atom is -0.490 e. The molecule has 1 aromatic carbocycles. The normalized spacial score (nSPS) is 11.6. The lowest BCUT2D eigenvalue weighted by molar-refractivity contribution is -0.0520. The minimum atomic E-state index is -2.93. The molecule has 0 aliphatic rings. The zero-order valence-electron chi connectivity index (χ0n) is 14.4. The molecule has 0 saturated carbocycles. The van der Waals surface area contributed by atoms with E-state index in [0.717, 1.165) is 19.4 Å². The number of alkyl halides is 2. The van der Waals surface area contributed by atoms with Gasteiger partial charge in [0.15, 0.2) is 17.5 Å². The molecule has 0 heterocycles. The number of aliphatic imine (C=N–C) groups is 1. The lowest BCUT2D eigenvalue weighted by Gasteiger charge is -2.14. The maximum absolute atomic E-state index is 12.6. The zero-order valence-corrected chi connectivity index (χ0v) is 14.4. The Morgan fingerprint density at radius 3 is 2.71 bits per heavy atom. The quantitative estimate of drug-likeness (QED) is 0.365. The SMILES string of the molecule is CCCCCCNC(N)=NCc1cccc(OCC)c1OC(F)F. The lowest BCUT2D eigenvalue weighted by atomic mass is 10.2. The Kier molecular flexibility index (Phi) is 9.56. The predicted molar refractivity (Wildman–Crippen MR) is 91.7 cm³/mol. The molecule has 24 heavy (non-hydrogen) atoms. The van der Waals surface area contributed by atoms with E-state index in [1.807, 2.05) is 0 Å². The fraction of sp³-hybridized carbons (Fsp3) is 0.588. The van der Waals surface area contributed by atoms with Gasteiger partial charge in [0.05, 0.1) is 13.2 Å². The highest BCUT2D eigenvalue weighted by Crippen LogP contribution is 2.33. The molecule has 1 aromatic rings. The van der Waals surface area contributed by atoms with Gasteiger partial charge in [-0.3, -0.25) is 0 Å². The molecule has 0 radical (unpaired) electrons. The molecule has 0 fully saturated rings. The van der Waals surface area contributed by atoms with Crippen molar-refractivity contribution in [3.8, 4) is 11.5 Å².